The van der Waals surface area contributed by atoms with Crippen molar-refractivity contribution in [2.24, 2.45) is 0 Å². The number of esters is 1. The summed E-state index contributed by atoms with van der Waals surface area (Å²) in [5, 5.41) is 15.4. The molecule has 0 saturated carbocycles. The van der Waals surface area contributed by atoms with Crippen LogP contribution >= 0.6 is 0 Å². The zero-order valence-corrected chi connectivity index (χ0v) is 12.7. The van der Waals surface area contributed by atoms with Crippen molar-refractivity contribution in [2.45, 2.75) is 13.5 Å². The molecule has 0 aliphatic rings. The zero-order valence-electron chi connectivity index (χ0n) is 12.7. The number of carbonyl (C=O) groups is 1. The van der Waals surface area contributed by atoms with E-state index < -0.39 is 5.97 Å². The van der Waals surface area contributed by atoms with Gasteiger partial charge in [-0.2, -0.15) is 4.73 Å². The molecule has 0 spiro atoms. The van der Waals surface area contributed by atoms with Crippen molar-refractivity contribution < 1.29 is 23.2 Å². The summed E-state index contributed by atoms with van der Waals surface area (Å²) in [4.78, 5) is 11.9. The second-order valence-corrected chi connectivity index (χ2v) is 5.08. The fourth-order valence-electron chi connectivity index (χ4n) is 2.17. The molecule has 3 aromatic rings. The van der Waals surface area contributed by atoms with E-state index in [9.17, 15) is 14.4 Å². The van der Waals surface area contributed by atoms with Crippen molar-refractivity contribution in [3.63, 3.8) is 0 Å². The van der Waals surface area contributed by atoms with E-state index in [0.29, 0.717) is 27.3 Å². The molecule has 0 fully saturated rings. The van der Waals surface area contributed by atoms with Crippen molar-refractivity contribution >= 4 is 5.97 Å². The maximum atomic E-state index is 13.0. The van der Waals surface area contributed by atoms with Crippen molar-refractivity contribution in [3.8, 4) is 11.3 Å². The molecule has 0 unspecified atom stereocenters. The Labute approximate surface area is 136 Å². The molecule has 2 heterocycles. The fraction of sp³-hybridized carbons (Fsp3) is 0.118. The summed E-state index contributed by atoms with van der Waals surface area (Å²) in [5.74, 6) is -0.630. The molecule has 3 rings (SSSR count). The van der Waals surface area contributed by atoms with Gasteiger partial charge in [0.25, 0.3) is 0 Å². The predicted octanol–water partition coefficient (Wildman–Crippen LogP) is 2.78. The Kier molecular flexibility index (Phi) is 4.24. The molecule has 0 aliphatic carbocycles. The van der Waals surface area contributed by atoms with Crippen LogP contribution in [0.5, 0.6) is 0 Å². The predicted molar refractivity (Wildman–Crippen MR) is 81.2 cm³/mol. The van der Waals surface area contributed by atoms with Crippen molar-refractivity contribution in [1.82, 2.24) is 5.16 Å². The van der Waals surface area contributed by atoms with Crippen LogP contribution in [-0.2, 0) is 11.3 Å². The zero-order chi connectivity index (χ0) is 17.1. The van der Waals surface area contributed by atoms with Crippen LogP contribution in [0, 0.1) is 17.9 Å². The van der Waals surface area contributed by atoms with Gasteiger partial charge in [0.2, 0.25) is 0 Å². The number of benzene rings is 1. The molecule has 0 saturated heterocycles. The van der Waals surface area contributed by atoms with Crippen LogP contribution in [-0.4, -0.2) is 11.1 Å². The Bertz CT molecular complexity index is 875. The van der Waals surface area contributed by atoms with Crippen molar-refractivity contribution in [1.29, 1.82) is 0 Å². The van der Waals surface area contributed by atoms with Gasteiger partial charge in [0.1, 0.15) is 18.1 Å². The van der Waals surface area contributed by atoms with E-state index in [-0.39, 0.29) is 18.1 Å². The van der Waals surface area contributed by atoms with E-state index in [4.69, 9.17) is 9.26 Å². The van der Waals surface area contributed by atoms with Crippen LogP contribution in [0.1, 0.15) is 21.7 Å². The number of hydrogen-bond acceptors (Lipinski definition) is 5. The van der Waals surface area contributed by atoms with E-state index in [0.717, 1.165) is 0 Å². The van der Waals surface area contributed by atoms with Gasteiger partial charge in [-0.1, -0.05) is 5.16 Å². The number of aromatic nitrogens is 2. The van der Waals surface area contributed by atoms with Crippen molar-refractivity contribution in [2.75, 3.05) is 0 Å². The lowest BCUT2D eigenvalue weighted by Crippen LogP contribution is -2.34. The molecule has 0 aliphatic heterocycles. The van der Waals surface area contributed by atoms with Crippen LogP contribution < -0.4 is 4.73 Å². The van der Waals surface area contributed by atoms with Crippen LogP contribution in [0.4, 0.5) is 4.39 Å². The average molecular weight is 328 g/mol. The Morgan fingerprint density at radius 1 is 1.29 bits per heavy atom. The summed E-state index contributed by atoms with van der Waals surface area (Å²) in [7, 11) is 0. The van der Waals surface area contributed by atoms with E-state index in [1.54, 1.807) is 25.1 Å². The minimum absolute atomic E-state index is 0.114. The van der Waals surface area contributed by atoms with Crippen LogP contribution in [0.3, 0.4) is 0 Å². The average Bonchev–Trinajstić information content (AvgIpc) is 2.95. The second kappa shape index (κ2) is 6.49. The maximum Gasteiger partial charge on any atom is 0.405 e. The third-order valence-electron chi connectivity index (χ3n) is 3.50. The van der Waals surface area contributed by atoms with E-state index >= 15 is 0 Å². The summed E-state index contributed by atoms with van der Waals surface area (Å²) in [5.41, 5.74) is 1.66. The first kappa shape index (κ1) is 15.7. The lowest BCUT2D eigenvalue weighted by Gasteiger charge is -2.04. The number of nitrogens with zero attached hydrogens (tertiary/aromatic N) is 2. The Balaban J connectivity index is 1.74. The van der Waals surface area contributed by atoms with Crippen molar-refractivity contribution in [3.05, 3.63) is 76.6 Å². The molecule has 24 heavy (non-hydrogen) atoms. The quantitative estimate of drug-likeness (QED) is 0.418. The number of hydrogen-bond donors (Lipinski definition) is 0. The number of ether oxygens (including phenoxy) is 1. The van der Waals surface area contributed by atoms with E-state index in [1.807, 2.05) is 0 Å². The van der Waals surface area contributed by atoms with Crippen LogP contribution in [0.25, 0.3) is 11.3 Å². The molecule has 2 aromatic heterocycles. The van der Waals surface area contributed by atoms with Gasteiger partial charge in [-0.25, -0.2) is 9.18 Å². The molecule has 0 amide bonds. The van der Waals surface area contributed by atoms with Gasteiger partial charge in [0.15, 0.2) is 12.0 Å². The SMILES string of the molecule is Cc1c(COC(=O)c2cccc[n+]2[O-])noc1-c1ccc(F)cc1. The molecule has 1 aromatic carbocycles. The lowest BCUT2D eigenvalue weighted by molar-refractivity contribution is -0.608. The highest BCUT2D eigenvalue weighted by atomic mass is 19.1. The second-order valence-electron chi connectivity index (χ2n) is 5.08. The maximum absolute atomic E-state index is 13.0. The highest BCUT2D eigenvalue weighted by molar-refractivity contribution is 5.85. The number of halogens is 1. The molecule has 0 bridgehead atoms. The van der Waals surface area contributed by atoms with Gasteiger partial charge in [-0.3, -0.25) is 0 Å². The minimum atomic E-state index is -0.753. The number of carbonyl (C=O) groups excluding carboxylic acids is 1. The molecular formula is C17H13FN2O4. The third-order valence-corrected chi connectivity index (χ3v) is 3.50. The molecular weight excluding hydrogens is 315 g/mol. The summed E-state index contributed by atoms with van der Waals surface area (Å²) in [6.07, 6.45) is 1.21. The monoisotopic (exact) mass is 328 g/mol. The number of pyridine rings is 1. The van der Waals surface area contributed by atoms with Gasteiger partial charge in [0, 0.05) is 23.3 Å². The molecule has 7 heteroatoms. The highest BCUT2D eigenvalue weighted by Crippen LogP contribution is 2.26. The molecule has 0 radical (unpaired) electrons. The molecule has 122 valence electrons. The van der Waals surface area contributed by atoms with Gasteiger partial charge >= 0.3 is 11.7 Å². The van der Waals surface area contributed by atoms with E-state index in [2.05, 4.69) is 5.16 Å². The fourth-order valence-corrected chi connectivity index (χ4v) is 2.17. The highest BCUT2D eigenvalue weighted by Gasteiger charge is 2.20. The smallest absolute Gasteiger partial charge is 0.405 e. The Morgan fingerprint density at radius 3 is 2.75 bits per heavy atom. The molecule has 0 atom stereocenters. The summed E-state index contributed by atoms with van der Waals surface area (Å²) < 4.78 is 23.8. The summed E-state index contributed by atoms with van der Waals surface area (Å²) >= 11 is 0. The minimum Gasteiger partial charge on any atom is -0.618 e. The molecule has 0 N–H and O–H groups in total. The van der Waals surface area contributed by atoms with Gasteiger partial charge < -0.3 is 14.5 Å². The van der Waals surface area contributed by atoms with Gasteiger partial charge in [0.05, 0.1) is 0 Å². The third kappa shape index (κ3) is 3.10. The summed E-state index contributed by atoms with van der Waals surface area (Å²) in [6, 6.07) is 10.2. The van der Waals surface area contributed by atoms with Gasteiger partial charge in [-0.05, 0) is 37.3 Å². The van der Waals surface area contributed by atoms with E-state index in [1.165, 1.54) is 30.5 Å². The first-order valence-electron chi connectivity index (χ1n) is 7.12. The van der Waals surface area contributed by atoms with Crippen LogP contribution in [0.2, 0.25) is 0 Å². The topological polar surface area (TPSA) is 79.3 Å². The largest absolute Gasteiger partial charge is 0.618 e. The first-order valence-corrected chi connectivity index (χ1v) is 7.12. The number of rotatable bonds is 4. The van der Waals surface area contributed by atoms with Crippen LogP contribution in [0.15, 0.2) is 53.2 Å². The normalized spacial score (nSPS) is 10.6. The summed E-state index contributed by atoms with van der Waals surface area (Å²) in [6.45, 7) is 1.62. The first-order chi connectivity index (χ1) is 11.6. The molecule has 6 nitrogen and oxygen atoms in total. The standard InChI is InChI=1S/C17H13FN2O4/c1-11-14(10-23-17(21)15-4-2-3-9-20(15)22)19-24-16(11)12-5-7-13(18)8-6-12/h2-9H,10H2,1H3. The Morgan fingerprint density at radius 2 is 2.04 bits per heavy atom. The lowest BCUT2D eigenvalue weighted by atomic mass is 10.1. The Hall–Kier alpha value is -3.22. The van der Waals surface area contributed by atoms with Gasteiger partial charge in [-0.15, -0.1) is 0 Å².